The number of aromatic nitrogens is 5. The van der Waals surface area contributed by atoms with Crippen molar-refractivity contribution in [2.75, 3.05) is 32.6 Å². The molecule has 0 saturated carbocycles. The van der Waals surface area contributed by atoms with Crippen molar-refractivity contribution in [2.24, 2.45) is 0 Å². The molecule has 1 unspecified atom stereocenters. The molecular weight excluding hydrogens is 410 g/mol. The van der Waals surface area contributed by atoms with Crippen molar-refractivity contribution in [1.82, 2.24) is 30.3 Å². The van der Waals surface area contributed by atoms with Crippen molar-refractivity contribution >= 4 is 28.1 Å². The van der Waals surface area contributed by atoms with Crippen LogP contribution in [0.25, 0.3) is 16.6 Å². The van der Waals surface area contributed by atoms with Gasteiger partial charge in [-0.25, -0.2) is 9.67 Å². The number of ether oxygens (including phenoxy) is 1. The summed E-state index contributed by atoms with van der Waals surface area (Å²) in [7, 11) is 5.84. The van der Waals surface area contributed by atoms with Gasteiger partial charge < -0.3 is 15.0 Å². The SMILES string of the molecule is CNCCC(Oc1cccc(-n2nc3c(N(C)C)nnc(C)c3c2C)c1)c1nccs1. The number of fused-ring (bicyclic) bond motifs is 1. The highest BCUT2D eigenvalue weighted by Crippen LogP contribution is 2.31. The van der Waals surface area contributed by atoms with Gasteiger partial charge in [0.25, 0.3) is 0 Å². The molecule has 3 aromatic heterocycles. The van der Waals surface area contributed by atoms with Crippen molar-refractivity contribution in [3.63, 3.8) is 0 Å². The largest absolute Gasteiger partial charge is 0.483 e. The third-order valence-electron chi connectivity index (χ3n) is 5.13. The summed E-state index contributed by atoms with van der Waals surface area (Å²) in [6, 6.07) is 8.01. The molecule has 4 rings (SSSR count). The molecule has 162 valence electrons. The van der Waals surface area contributed by atoms with Crippen molar-refractivity contribution in [3.05, 3.63) is 52.2 Å². The van der Waals surface area contributed by atoms with Crippen LogP contribution < -0.4 is 15.0 Å². The molecule has 0 radical (unpaired) electrons. The summed E-state index contributed by atoms with van der Waals surface area (Å²) in [5, 5.41) is 20.7. The first kappa shape index (κ1) is 21.2. The van der Waals surface area contributed by atoms with Crippen LogP contribution in [0.4, 0.5) is 5.82 Å². The van der Waals surface area contributed by atoms with E-state index in [1.165, 1.54) is 0 Å². The van der Waals surface area contributed by atoms with Gasteiger partial charge in [0.15, 0.2) is 11.9 Å². The topological polar surface area (TPSA) is 81.0 Å². The molecule has 1 aromatic carbocycles. The summed E-state index contributed by atoms with van der Waals surface area (Å²) in [4.78, 5) is 6.39. The van der Waals surface area contributed by atoms with Crippen LogP contribution in [0.2, 0.25) is 0 Å². The average Bonchev–Trinajstić information content (AvgIpc) is 3.40. The zero-order valence-corrected chi connectivity index (χ0v) is 19.3. The molecule has 31 heavy (non-hydrogen) atoms. The maximum Gasteiger partial charge on any atom is 0.179 e. The molecule has 1 atom stereocenters. The van der Waals surface area contributed by atoms with E-state index in [1.54, 1.807) is 11.3 Å². The van der Waals surface area contributed by atoms with E-state index in [0.717, 1.165) is 57.5 Å². The smallest absolute Gasteiger partial charge is 0.179 e. The zero-order valence-electron chi connectivity index (χ0n) is 18.5. The van der Waals surface area contributed by atoms with Crippen molar-refractivity contribution in [3.8, 4) is 11.4 Å². The maximum absolute atomic E-state index is 6.36. The molecule has 0 fully saturated rings. The van der Waals surface area contributed by atoms with Gasteiger partial charge in [-0.15, -0.1) is 16.4 Å². The Labute approximate surface area is 185 Å². The number of rotatable bonds is 8. The molecule has 8 nitrogen and oxygen atoms in total. The molecule has 0 aliphatic carbocycles. The Balaban J connectivity index is 1.71. The van der Waals surface area contributed by atoms with E-state index in [0.29, 0.717) is 0 Å². The number of nitrogens with one attached hydrogen (secondary N) is 1. The predicted molar refractivity (Wildman–Crippen MR) is 124 cm³/mol. The second-order valence-corrected chi connectivity index (χ2v) is 8.52. The molecular formula is C22H27N7OS. The van der Waals surface area contributed by atoms with Gasteiger partial charge in [-0.3, -0.25) is 0 Å². The summed E-state index contributed by atoms with van der Waals surface area (Å²) in [6.07, 6.45) is 2.55. The molecule has 3 heterocycles. The monoisotopic (exact) mass is 437 g/mol. The summed E-state index contributed by atoms with van der Waals surface area (Å²) in [6.45, 7) is 4.87. The summed E-state index contributed by atoms with van der Waals surface area (Å²) in [5.74, 6) is 1.54. The van der Waals surface area contributed by atoms with Crippen LogP contribution in [-0.4, -0.2) is 52.6 Å². The number of nitrogens with zero attached hydrogens (tertiary/aromatic N) is 6. The highest BCUT2D eigenvalue weighted by molar-refractivity contribution is 7.09. The molecule has 0 amide bonds. The number of hydrogen-bond donors (Lipinski definition) is 1. The fraction of sp³-hybridized carbons (Fsp3) is 0.364. The Morgan fingerprint density at radius 3 is 2.77 bits per heavy atom. The van der Waals surface area contributed by atoms with Crippen molar-refractivity contribution in [1.29, 1.82) is 0 Å². The highest BCUT2D eigenvalue weighted by atomic mass is 32.1. The molecule has 9 heteroatoms. The lowest BCUT2D eigenvalue weighted by Crippen LogP contribution is -2.16. The van der Waals surface area contributed by atoms with Gasteiger partial charge in [-0.2, -0.15) is 10.2 Å². The van der Waals surface area contributed by atoms with E-state index in [9.17, 15) is 0 Å². The van der Waals surface area contributed by atoms with E-state index in [2.05, 4.69) is 27.4 Å². The highest BCUT2D eigenvalue weighted by Gasteiger charge is 2.19. The minimum Gasteiger partial charge on any atom is -0.483 e. The number of hydrogen-bond acceptors (Lipinski definition) is 8. The van der Waals surface area contributed by atoms with Crippen molar-refractivity contribution in [2.45, 2.75) is 26.4 Å². The maximum atomic E-state index is 6.36. The minimum absolute atomic E-state index is 0.100. The summed E-state index contributed by atoms with van der Waals surface area (Å²) >= 11 is 1.61. The van der Waals surface area contributed by atoms with Gasteiger partial charge >= 0.3 is 0 Å². The molecule has 0 spiro atoms. The second kappa shape index (κ2) is 8.99. The molecule has 0 aliphatic heterocycles. The third-order valence-corrected chi connectivity index (χ3v) is 6.00. The summed E-state index contributed by atoms with van der Waals surface area (Å²) in [5.41, 5.74) is 3.67. The first-order valence-corrected chi connectivity index (χ1v) is 11.1. The Morgan fingerprint density at radius 2 is 2.06 bits per heavy atom. The van der Waals surface area contributed by atoms with Gasteiger partial charge in [0.2, 0.25) is 0 Å². The molecule has 4 aromatic rings. The number of benzene rings is 1. The number of anilines is 1. The molecule has 0 bridgehead atoms. The van der Waals surface area contributed by atoms with Gasteiger partial charge in [0, 0.05) is 38.2 Å². The predicted octanol–water partition coefficient (Wildman–Crippen LogP) is 3.68. The van der Waals surface area contributed by atoms with E-state index >= 15 is 0 Å². The lowest BCUT2D eigenvalue weighted by Gasteiger charge is -2.17. The normalized spacial score (nSPS) is 12.3. The lowest BCUT2D eigenvalue weighted by molar-refractivity contribution is 0.194. The van der Waals surface area contributed by atoms with Gasteiger partial charge in [0.1, 0.15) is 16.3 Å². The third kappa shape index (κ3) is 4.24. The first-order valence-electron chi connectivity index (χ1n) is 10.2. The van der Waals surface area contributed by atoms with Crippen LogP contribution in [-0.2, 0) is 0 Å². The lowest BCUT2D eigenvalue weighted by atomic mass is 10.2. The summed E-state index contributed by atoms with van der Waals surface area (Å²) < 4.78 is 8.29. The molecule has 0 aliphatic rings. The van der Waals surface area contributed by atoms with Gasteiger partial charge in [-0.05, 0) is 39.6 Å². The minimum atomic E-state index is -0.100. The van der Waals surface area contributed by atoms with E-state index in [1.807, 2.05) is 73.5 Å². The quantitative estimate of drug-likeness (QED) is 0.450. The Kier molecular flexibility index (Phi) is 6.15. The Hall–Kier alpha value is -3.04. The number of thiazole rings is 1. The van der Waals surface area contributed by atoms with Gasteiger partial charge in [0.05, 0.1) is 22.5 Å². The van der Waals surface area contributed by atoms with Crippen LogP contribution in [0.1, 0.15) is 28.9 Å². The average molecular weight is 438 g/mol. The fourth-order valence-electron chi connectivity index (χ4n) is 3.62. The zero-order chi connectivity index (χ0) is 22.0. The standard InChI is InChI=1S/C22H27N7OS/c1-14-19-15(2)29(27-20(19)21(26-25-14)28(4)5)16-7-6-8-17(13-16)30-18(9-10-23-3)22-24-11-12-31-22/h6-8,11-13,18,23H,9-10H2,1-5H3. The molecule has 0 saturated heterocycles. The van der Waals surface area contributed by atoms with Crippen LogP contribution in [0.15, 0.2) is 35.8 Å². The van der Waals surface area contributed by atoms with E-state index < -0.39 is 0 Å². The fourth-order valence-corrected chi connectivity index (χ4v) is 4.32. The second-order valence-electron chi connectivity index (χ2n) is 7.59. The van der Waals surface area contributed by atoms with E-state index in [-0.39, 0.29) is 6.10 Å². The van der Waals surface area contributed by atoms with Crippen LogP contribution in [0, 0.1) is 13.8 Å². The van der Waals surface area contributed by atoms with Crippen LogP contribution in [0.3, 0.4) is 0 Å². The van der Waals surface area contributed by atoms with Crippen LogP contribution >= 0.6 is 11.3 Å². The van der Waals surface area contributed by atoms with Gasteiger partial charge in [-0.1, -0.05) is 6.07 Å². The van der Waals surface area contributed by atoms with E-state index in [4.69, 9.17) is 9.84 Å². The van der Waals surface area contributed by atoms with Crippen LogP contribution in [0.5, 0.6) is 5.75 Å². The Morgan fingerprint density at radius 1 is 1.23 bits per heavy atom. The molecule has 1 N–H and O–H groups in total. The number of aryl methyl sites for hydroxylation is 2. The van der Waals surface area contributed by atoms with Crippen molar-refractivity contribution < 1.29 is 4.74 Å². The Bertz CT molecular complexity index is 1170. The first-order chi connectivity index (χ1) is 15.0.